The molecule has 0 fully saturated rings. The van der Waals surface area contributed by atoms with Gasteiger partial charge in [0.05, 0.1) is 0 Å². The predicted molar refractivity (Wildman–Crippen MR) is 112 cm³/mol. The van der Waals surface area contributed by atoms with Crippen LogP contribution in [0.3, 0.4) is 0 Å². The van der Waals surface area contributed by atoms with Gasteiger partial charge in [-0.1, -0.05) is 24.3 Å². The van der Waals surface area contributed by atoms with Crippen molar-refractivity contribution in [3.05, 3.63) is 83.0 Å². The van der Waals surface area contributed by atoms with Crippen molar-refractivity contribution >= 4 is 38.9 Å². The minimum absolute atomic E-state index is 0.131. The monoisotopic (exact) mass is 447 g/mol. The first-order valence-corrected chi connectivity index (χ1v) is 11.0. The summed E-state index contributed by atoms with van der Waals surface area (Å²) in [7, 11) is -2.42. The van der Waals surface area contributed by atoms with Crippen molar-refractivity contribution < 1.29 is 22.4 Å². The number of rotatable bonds is 7. The first-order valence-electron chi connectivity index (χ1n) is 8.67. The molecule has 1 heterocycles. The van der Waals surface area contributed by atoms with Crippen molar-refractivity contribution in [3.63, 3.8) is 0 Å². The zero-order valence-electron chi connectivity index (χ0n) is 15.8. The number of halogens is 1. The lowest BCUT2D eigenvalue weighted by atomic mass is 10.0. The van der Waals surface area contributed by atoms with Crippen LogP contribution in [0, 0.1) is 5.82 Å². The van der Waals surface area contributed by atoms with Gasteiger partial charge in [-0.3, -0.25) is 14.3 Å². The minimum Gasteiger partial charge on any atom is -0.368 e. The lowest BCUT2D eigenvalue weighted by Gasteiger charge is -2.26. The average molecular weight is 448 g/mol. The molecule has 0 radical (unpaired) electrons. The van der Waals surface area contributed by atoms with Gasteiger partial charge >= 0.3 is 0 Å². The molecule has 0 saturated heterocycles. The van der Waals surface area contributed by atoms with Gasteiger partial charge in [0.25, 0.3) is 15.9 Å². The first-order chi connectivity index (χ1) is 14.2. The van der Waals surface area contributed by atoms with Crippen LogP contribution in [0.2, 0.25) is 0 Å². The third-order valence-corrected chi connectivity index (χ3v) is 7.04. The molecule has 1 atom stereocenters. The van der Waals surface area contributed by atoms with Gasteiger partial charge in [0.15, 0.2) is 0 Å². The maximum atomic E-state index is 13.6. The SMILES string of the molecule is CN(C(=O)c1cccc(NS(=O)(=O)c2cccs2)c1)C(C(N)=O)c1cccc(F)c1. The Morgan fingerprint density at radius 3 is 2.47 bits per heavy atom. The lowest BCUT2D eigenvalue weighted by molar-refractivity contribution is -0.122. The van der Waals surface area contributed by atoms with E-state index in [-0.39, 0.29) is 21.0 Å². The largest absolute Gasteiger partial charge is 0.368 e. The molecule has 0 aliphatic heterocycles. The Morgan fingerprint density at radius 2 is 1.83 bits per heavy atom. The number of amides is 2. The van der Waals surface area contributed by atoms with Gasteiger partial charge in [-0.25, -0.2) is 12.8 Å². The Labute approximate surface area is 177 Å². The molecule has 0 saturated carbocycles. The van der Waals surface area contributed by atoms with Crippen LogP contribution in [0.15, 0.2) is 70.3 Å². The fraction of sp³-hybridized carbons (Fsp3) is 0.100. The number of benzene rings is 2. The highest BCUT2D eigenvalue weighted by atomic mass is 32.2. The molecule has 0 bridgehead atoms. The van der Waals surface area contributed by atoms with Crippen LogP contribution in [-0.2, 0) is 14.8 Å². The predicted octanol–water partition coefficient (Wildman–Crippen LogP) is 2.99. The highest BCUT2D eigenvalue weighted by molar-refractivity contribution is 7.94. The summed E-state index contributed by atoms with van der Waals surface area (Å²) in [5, 5.41) is 1.64. The van der Waals surface area contributed by atoms with Gasteiger partial charge < -0.3 is 10.6 Å². The summed E-state index contributed by atoms with van der Waals surface area (Å²) < 4.78 is 40.9. The van der Waals surface area contributed by atoms with Crippen LogP contribution in [-0.4, -0.2) is 32.2 Å². The van der Waals surface area contributed by atoms with Gasteiger partial charge in [0.2, 0.25) is 5.91 Å². The molecule has 3 rings (SSSR count). The number of carbonyl (C=O) groups is 2. The fourth-order valence-electron chi connectivity index (χ4n) is 2.91. The second-order valence-corrected chi connectivity index (χ2v) is 9.25. The molecule has 156 valence electrons. The van der Waals surface area contributed by atoms with E-state index in [1.807, 2.05) is 0 Å². The Hall–Kier alpha value is -3.24. The van der Waals surface area contributed by atoms with Gasteiger partial charge in [0, 0.05) is 18.3 Å². The maximum absolute atomic E-state index is 13.6. The molecule has 1 unspecified atom stereocenters. The molecule has 30 heavy (non-hydrogen) atoms. The summed E-state index contributed by atoms with van der Waals surface area (Å²) >= 11 is 1.06. The molecule has 0 spiro atoms. The second-order valence-electron chi connectivity index (χ2n) is 6.39. The summed E-state index contributed by atoms with van der Waals surface area (Å²) in [5.74, 6) is -1.98. The summed E-state index contributed by atoms with van der Waals surface area (Å²) in [5.41, 5.74) is 6.00. The van der Waals surface area contributed by atoms with E-state index in [9.17, 15) is 22.4 Å². The van der Waals surface area contributed by atoms with Crippen LogP contribution in [0.4, 0.5) is 10.1 Å². The number of hydrogen-bond donors (Lipinski definition) is 2. The highest BCUT2D eigenvalue weighted by Gasteiger charge is 2.28. The topological polar surface area (TPSA) is 110 Å². The number of hydrogen-bond acceptors (Lipinski definition) is 5. The van der Waals surface area contributed by atoms with E-state index < -0.39 is 33.7 Å². The molecule has 3 N–H and O–H groups in total. The quantitative estimate of drug-likeness (QED) is 0.580. The van der Waals surface area contributed by atoms with E-state index in [0.717, 1.165) is 22.3 Å². The smallest absolute Gasteiger partial charge is 0.271 e. The van der Waals surface area contributed by atoms with Crippen LogP contribution in [0.25, 0.3) is 0 Å². The number of nitrogens with zero attached hydrogens (tertiary/aromatic N) is 1. The number of carbonyl (C=O) groups excluding carboxylic acids is 2. The first kappa shape index (κ1) is 21.5. The Morgan fingerprint density at radius 1 is 1.10 bits per heavy atom. The molecule has 2 amide bonds. The standard InChI is InChI=1S/C20H18FN3O4S2/c1-24(18(19(22)25)13-5-2-7-15(21)11-13)20(26)14-6-3-8-16(12-14)23-30(27,28)17-9-4-10-29-17/h2-12,18,23H,1H3,(H2,22,25). The lowest BCUT2D eigenvalue weighted by Crippen LogP contribution is -2.39. The molecule has 0 aliphatic rings. The van der Waals surface area contributed by atoms with Crippen LogP contribution in [0.1, 0.15) is 22.0 Å². The number of likely N-dealkylation sites (N-methyl/N-ethyl adjacent to an activating group) is 1. The van der Waals surface area contributed by atoms with E-state index in [0.29, 0.717) is 0 Å². The Kier molecular flexibility index (Phi) is 6.18. The maximum Gasteiger partial charge on any atom is 0.271 e. The van der Waals surface area contributed by atoms with E-state index in [1.165, 1.54) is 55.6 Å². The van der Waals surface area contributed by atoms with E-state index >= 15 is 0 Å². The molecule has 0 aliphatic carbocycles. The Bertz CT molecular complexity index is 1180. The summed E-state index contributed by atoms with van der Waals surface area (Å²) in [4.78, 5) is 26.0. The molecular weight excluding hydrogens is 429 g/mol. The van der Waals surface area contributed by atoms with Crippen molar-refractivity contribution in [3.8, 4) is 0 Å². The zero-order valence-corrected chi connectivity index (χ0v) is 17.4. The molecule has 3 aromatic rings. The van der Waals surface area contributed by atoms with Crippen LogP contribution < -0.4 is 10.5 Å². The van der Waals surface area contributed by atoms with Gasteiger partial charge in [-0.2, -0.15) is 0 Å². The van der Waals surface area contributed by atoms with Gasteiger partial charge in [-0.05, 0) is 47.3 Å². The zero-order chi connectivity index (χ0) is 21.9. The number of anilines is 1. The molecule has 7 nitrogen and oxygen atoms in total. The van der Waals surface area contributed by atoms with Crippen molar-refractivity contribution in [2.24, 2.45) is 5.73 Å². The third kappa shape index (κ3) is 4.66. The average Bonchev–Trinajstić information content (AvgIpc) is 3.23. The number of sulfonamides is 1. The van der Waals surface area contributed by atoms with Crippen molar-refractivity contribution in [2.75, 3.05) is 11.8 Å². The second kappa shape index (κ2) is 8.64. The summed E-state index contributed by atoms with van der Waals surface area (Å²) in [6.07, 6.45) is 0. The normalized spacial score (nSPS) is 12.2. The molecule has 1 aromatic heterocycles. The fourth-order valence-corrected chi connectivity index (χ4v) is 4.96. The van der Waals surface area contributed by atoms with Crippen molar-refractivity contribution in [2.45, 2.75) is 10.3 Å². The summed E-state index contributed by atoms with van der Waals surface area (Å²) in [6.45, 7) is 0. The van der Waals surface area contributed by atoms with Crippen molar-refractivity contribution in [1.82, 2.24) is 4.90 Å². The van der Waals surface area contributed by atoms with Crippen molar-refractivity contribution in [1.29, 1.82) is 0 Å². The highest BCUT2D eigenvalue weighted by Crippen LogP contribution is 2.24. The van der Waals surface area contributed by atoms with E-state index in [1.54, 1.807) is 11.4 Å². The number of thiophene rings is 1. The molecule has 2 aromatic carbocycles. The number of primary amides is 1. The number of nitrogens with two attached hydrogens (primary N) is 1. The summed E-state index contributed by atoms with van der Waals surface area (Å²) in [6, 6.07) is 13.0. The molecule has 10 heteroatoms. The van der Waals surface area contributed by atoms with Crippen LogP contribution >= 0.6 is 11.3 Å². The van der Waals surface area contributed by atoms with E-state index in [4.69, 9.17) is 5.73 Å². The van der Waals surface area contributed by atoms with Crippen LogP contribution in [0.5, 0.6) is 0 Å². The van der Waals surface area contributed by atoms with Gasteiger partial charge in [-0.15, -0.1) is 11.3 Å². The minimum atomic E-state index is -3.78. The van der Waals surface area contributed by atoms with E-state index in [2.05, 4.69) is 4.72 Å². The number of nitrogens with one attached hydrogen (secondary N) is 1. The third-order valence-electron chi connectivity index (χ3n) is 4.26. The van der Waals surface area contributed by atoms with Gasteiger partial charge in [0.1, 0.15) is 16.1 Å². The Balaban J connectivity index is 1.87. The molecular formula is C20H18FN3O4S2.